The Bertz CT molecular complexity index is 1880. The van der Waals surface area contributed by atoms with E-state index in [-0.39, 0.29) is 0 Å². The molecule has 3 aliphatic rings. The van der Waals surface area contributed by atoms with Gasteiger partial charge in [-0.2, -0.15) is 0 Å². The Morgan fingerprint density at radius 2 is 1.12 bits per heavy atom. The van der Waals surface area contributed by atoms with E-state index in [1.807, 2.05) is 0 Å². The summed E-state index contributed by atoms with van der Waals surface area (Å²) in [4.78, 5) is 0. The average Bonchev–Trinajstić information content (AvgIpc) is 3.51. The summed E-state index contributed by atoms with van der Waals surface area (Å²) in [5, 5.41) is 2.77. The van der Waals surface area contributed by atoms with Crippen LogP contribution in [-0.2, 0) is 19.3 Å². The predicted octanol–water partition coefficient (Wildman–Crippen LogP) is 7.83. The molecule has 0 amide bonds. The van der Waals surface area contributed by atoms with Gasteiger partial charge in [0.2, 0.25) is 0 Å². The van der Waals surface area contributed by atoms with Crippen LogP contribution in [0.3, 0.4) is 0 Å². The molecule has 0 fully saturated rings. The van der Waals surface area contributed by atoms with Crippen LogP contribution in [0.5, 0.6) is 0 Å². The third-order valence-corrected chi connectivity index (χ3v) is 8.40. The van der Waals surface area contributed by atoms with Crippen molar-refractivity contribution in [3.63, 3.8) is 0 Å². The molecule has 1 aromatic heterocycles. The van der Waals surface area contributed by atoms with Gasteiger partial charge < -0.3 is 4.57 Å². The fourth-order valence-corrected chi connectivity index (χ4v) is 6.94. The molecule has 9 rings (SSSR count). The van der Waals surface area contributed by atoms with Crippen LogP contribution in [0, 0.1) is 0 Å². The standard InChI is InChI=1S/C33H21N/c1-3-9-25-19(6-1)12-22-14-23-15-24-16-30-26-10-5-8-21-13-20-7-2-4-11-31(20)34(33(21)26)32(30)18-29(24)28(23)17-27(22)25/h1-11,14,16-18H,12-13,15H2. The summed E-state index contributed by atoms with van der Waals surface area (Å²) >= 11 is 0. The Morgan fingerprint density at radius 1 is 0.441 bits per heavy atom. The van der Waals surface area contributed by atoms with Gasteiger partial charge in [-0.15, -0.1) is 0 Å². The third-order valence-electron chi connectivity index (χ3n) is 8.40. The topological polar surface area (TPSA) is 4.93 Å². The van der Waals surface area contributed by atoms with Crippen LogP contribution in [0.1, 0.15) is 33.4 Å². The van der Waals surface area contributed by atoms with E-state index in [2.05, 4.69) is 95.6 Å². The van der Waals surface area contributed by atoms with Crippen molar-refractivity contribution in [1.82, 2.24) is 4.57 Å². The SMILES string of the molecule is c1ccc2c(c1)Cc1cc3c(cc1-2)-c1cc2c(cc1C3)c1cccc3c1n2-c1ccccc1C3. The lowest BCUT2D eigenvalue weighted by Crippen LogP contribution is -2.07. The number of benzene rings is 5. The molecule has 5 aromatic carbocycles. The zero-order valence-corrected chi connectivity index (χ0v) is 18.7. The zero-order chi connectivity index (χ0) is 22.0. The van der Waals surface area contributed by atoms with Crippen LogP contribution < -0.4 is 0 Å². The van der Waals surface area contributed by atoms with Crippen molar-refractivity contribution in [3.05, 3.63) is 124 Å². The lowest BCUT2D eigenvalue weighted by molar-refractivity contribution is 1.04. The van der Waals surface area contributed by atoms with Crippen LogP contribution in [-0.4, -0.2) is 4.57 Å². The first kappa shape index (κ1) is 17.4. The number of fused-ring (bicyclic) bond motifs is 11. The van der Waals surface area contributed by atoms with Gasteiger partial charge in [0.15, 0.2) is 0 Å². The number of aromatic nitrogens is 1. The minimum Gasteiger partial charge on any atom is -0.309 e. The van der Waals surface area contributed by atoms with Crippen molar-refractivity contribution in [3.8, 4) is 27.9 Å². The highest BCUT2D eigenvalue weighted by Gasteiger charge is 2.28. The molecule has 0 radical (unpaired) electrons. The number of hydrogen-bond acceptors (Lipinski definition) is 0. The van der Waals surface area contributed by atoms with Crippen molar-refractivity contribution in [2.24, 2.45) is 0 Å². The molecule has 0 saturated carbocycles. The van der Waals surface area contributed by atoms with E-state index in [0.717, 1.165) is 19.3 Å². The Morgan fingerprint density at radius 3 is 2.06 bits per heavy atom. The molecule has 0 bridgehead atoms. The van der Waals surface area contributed by atoms with Crippen molar-refractivity contribution >= 4 is 21.8 Å². The van der Waals surface area contributed by atoms with Crippen LogP contribution in [0.15, 0.2) is 91.0 Å². The molecule has 158 valence electrons. The van der Waals surface area contributed by atoms with Gasteiger partial charge in [-0.25, -0.2) is 0 Å². The molecular weight excluding hydrogens is 410 g/mol. The zero-order valence-electron chi connectivity index (χ0n) is 18.7. The van der Waals surface area contributed by atoms with Crippen LogP contribution in [0.25, 0.3) is 49.7 Å². The average molecular weight is 432 g/mol. The lowest BCUT2D eigenvalue weighted by atomic mass is 9.97. The number of nitrogens with zero attached hydrogens (tertiary/aromatic N) is 1. The minimum atomic E-state index is 1.01. The molecule has 34 heavy (non-hydrogen) atoms. The van der Waals surface area contributed by atoms with E-state index in [0.29, 0.717) is 0 Å². The fraction of sp³-hybridized carbons (Fsp3) is 0.0909. The van der Waals surface area contributed by atoms with Crippen molar-refractivity contribution in [2.45, 2.75) is 19.3 Å². The van der Waals surface area contributed by atoms with Gasteiger partial charge >= 0.3 is 0 Å². The monoisotopic (exact) mass is 431 g/mol. The maximum atomic E-state index is 2.53. The van der Waals surface area contributed by atoms with Gasteiger partial charge in [0.25, 0.3) is 0 Å². The molecule has 1 aliphatic heterocycles. The maximum Gasteiger partial charge on any atom is 0.0576 e. The molecule has 0 unspecified atom stereocenters. The summed E-state index contributed by atoms with van der Waals surface area (Å²) in [6.45, 7) is 0. The molecule has 2 heterocycles. The quantitative estimate of drug-likeness (QED) is 0.231. The fourth-order valence-electron chi connectivity index (χ4n) is 6.94. The third kappa shape index (κ3) is 2.02. The first-order valence-electron chi connectivity index (χ1n) is 12.3. The lowest BCUT2D eigenvalue weighted by Gasteiger charge is -2.20. The molecule has 0 saturated heterocycles. The highest BCUT2D eigenvalue weighted by atomic mass is 15.0. The summed E-state index contributed by atoms with van der Waals surface area (Å²) in [6, 6.07) is 34.6. The van der Waals surface area contributed by atoms with E-state index >= 15 is 0 Å². The van der Waals surface area contributed by atoms with E-state index in [1.165, 1.54) is 83.1 Å². The number of rotatable bonds is 0. The molecule has 1 nitrogen and oxygen atoms in total. The number of para-hydroxylation sites is 2. The maximum absolute atomic E-state index is 2.53. The van der Waals surface area contributed by atoms with Gasteiger partial charge in [-0.3, -0.25) is 0 Å². The molecular formula is C33H21N. The van der Waals surface area contributed by atoms with Crippen molar-refractivity contribution in [2.75, 3.05) is 0 Å². The van der Waals surface area contributed by atoms with Crippen molar-refractivity contribution in [1.29, 1.82) is 0 Å². The van der Waals surface area contributed by atoms with Crippen LogP contribution in [0.2, 0.25) is 0 Å². The highest BCUT2D eigenvalue weighted by Crippen LogP contribution is 2.48. The van der Waals surface area contributed by atoms with Crippen LogP contribution >= 0.6 is 0 Å². The van der Waals surface area contributed by atoms with Gasteiger partial charge in [-0.1, -0.05) is 66.7 Å². The Balaban J connectivity index is 1.36. The van der Waals surface area contributed by atoms with E-state index in [9.17, 15) is 0 Å². The molecule has 2 aliphatic carbocycles. The van der Waals surface area contributed by atoms with Crippen LogP contribution in [0.4, 0.5) is 0 Å². The molecule has 6 aromatic rings. The number of hydrogen-bond donors (Lipinski definition) is 0. The minimum absolute atomic E-state index is 1.01. The summed E-state index contributed by atoms with van der Waals surface area (Å²) in [5.41, 5.74) is 18.5. The van der Waals surface area contributed by atoms with E-state index in [1.54, 1.807) is 0 Å². The Labute approximate surface area is 197 Å². The summed E-state index contributed by atoms with van der Waals surface area (Å²) < 4.78 is 2.53. The molecule has 0 spiro atoms. The summed E-state index contributed by atoms with van der Waals surface area (Å²) in [5.74, 6) is 0. The second-order valence-electron chi connectivity index (χ2n) is 10.2. The Kier molecular flexibility index (Phi) is 3.00. The smallest absolute Gasteiger partial charge is 0.0576 e. The van der Waals surface area contributed by atoms with Gasteiger partial charge in [0, 0.05) is 22.9 Å². The van der Waals surface area contributed by atoms with E-state index < -0.39 is 0 Å². The largest absolute Gasteiger partial charge is 0.309 e. The second-order valence-corrected chi connectivity index (χ2v) is 10.2. The van der Waals surface area contributed by atoms with E-state index in [4.69, 9.17) is 0 Å². The first-order chi connectivity index (χ1) is 16.8. The normalized spacial score (nSPS) is 14.1. The Hall–Kier alpha value is -4.10. The summed E-state index contributed by atoms with van der Waals surface area (Å²) in [7, 11) is 0. The molecule has 1 heteroatoms. The molecule has 0 atom stereocenters. The van der Waals surface area contributed by atoms with Gasteiger partial charge in [0.1, 0.15) is 0 Å². The molecule has 0 N–H and O–H groups in total. The van der Waals surface area contributed by atoms with Gasteiger partial charge in [0.05, 0.1) is 11.0 Å². The summed E-state index contributed by atoms with van der Waals surface area (Å²) in [6.07, 6.45) is 3.11. The highest BCUT2D eigenvalue weighted by molar-refractivity contribution is 6.12. The predicted molar refractivity (Wildman–Crippen MR) is 140 cm³/mol. The first-order valence-corrected chi connectivity index (χ1v) is 12.3. The van der Waals surface area contributed by atoms with Gasteiger partial charge in [-0.05, 0) is 92.7 Å². The van der Waals surface area contributed by atoms with Crippen molar-refractivity contribution < 1.29 is 0 Å². The second kappa shape index (κ2) is 5.87.